The number of hydrogen-bond acceptors (Lipinski definition) is 2. The average molecular weight is 164 g/mol. The molecule has 1 atom stereocenters. The van der Waals surface area contributed by atoms with Gasteiger partial charge in [-0.1, -0.05) is 12.2 Å². The molecule has 0 aromatic heterocycles. The third kappa shape index (κ3) is 1.02. The minimum atomic E-state index is 0.0498. The van der Waals surface area contributed by atoms with E-state index in [0.717, 1.165) is 12.1 Å². The molecule has 0 spiro atoms. The summed E-state index contributed by atoms with van der Waals surface area (Å²) in [5, 5.41) is 3.22. The van der Waals surface area contributed by atoms with E-state index in [0.29, 0.717) is 6.67 Å². The van der Waals surface area contributed by atoms with Crippen LogP contribution in [0.3, 0.4) is 0 Å². The van der Waals surface area contributed by atoms with Crippen LogP contribution in [0.15, 0.2) is 23.9 Å². The van der Waals surface area contributed by atoms with Crippen molar-refractivity contribution in [2.75, 3.05) is 13.7 Å². The van der Waals surface area contributed by atoms with Gasteiger partial charge in [0.1, 0.15) is 0 Å². The molecule has 2 rings (SSSR count). The quantitative estimate of drug-likeness (QED) is 0.564. The maximum Gasteiger partial charge on any atom is 0.233 e. The Bertz CT molecular complexity index is 268. The van der Waals surface area contributed by atoms with E-state index in [4.69, 9.17) is 0 Å². The van der Waals surface area contributed by atoms with Gasteiger partial charge in [0.05, 0.1) is 12.6 Å². The van der Waals surface area contributed by atoms with Crippen LogP contribution in [0.1, 0.15) is 6.42 Å². The lowest BCUT2D eigenvalue weighted by atomic mass is 9.94. The number of carbonyl (C=O) groups excluding carboxylic acids is 1. The third-order valence-electron chi connectivity index (χ3n) is 2.35. The van der Waals surface area contributed by atoms with Crippen LogP contribution in [0.25, 0.3) is 0 Å². The number of allylic oxidation sites excluding steroid dienone is 3. The van der Waals surface area contributed by atoms with Gasteiger partial charge in [-0.05, 0) is 12.5 Å². The number of fused-ring (bicyclic) bond motifs is 1. The van der Waals surface area contributed by atoms with Crippen molar-refractivity contribution in [1.29, 1.82) is 0 Å². The molecule has 1 N–H and O–H groups in total. The lowest BCUT2D eigenvalue weighted by Gasteiger charge is -2.33. The van der Waals surface area contributed by atoms with E-state index >= 15 is 0 Å². The predicted molar refractivity (Wildman–Crippen MR) is 46.1 cm³/mol. The van der Waals surface area contributed by atoms with Gasteiger partial charge < -0.3 is 10.2 Å². The SMILES string of the molecule is CN1CNC2=CC=CCC2C1=O. The maximum absolute atomic E-state index is 11.6. The maximum atomic E-state index is 11.6. The molecule has 1 saturated heterocycles. The summed E-state index contributed by atoms with van der Waals surface area (Å²) >= 11 is 0. The van der Waals surface area contributed by atoms with Crippen molar-refractivity contribution in [2.24, 2.45) is 5.92 Å². The summed E-state index contributed by atoms with van der Waals surface area (Å²) in [6.07, 6.45) is 6.85. The molecule has 1 fully saturated rings. The Kier molecular flexibility index (Phi) is 1.64. The second-order valence-electron chi connectivity index (χ2n) is 3.21. The van der Waals surface area contributed by atoms with Gasteiger partial charge in [0.25, 0.3) is 0 Å². The van der Waals surface area contributed by atoms with Crippen molar-refractivity contribution < 1.29 is 4.79 Å². The Hall–Kier alpha value is -1.25. The molecule has 64 valence electrons. The zero-order chi connectivity index (χ0) is 8.55. The summed E-state index contributed by atoms with van der Waals surface area (Å²) in [7, 11) is 1.82. The molecule has 1 aliphatic carbocycles. The fourth-order valence-electron chi connectivity index (χ4n) is 1.60. The molecule has 0 aromatic rings. The van der Waals surface area contributed by atoms with Crippen molar-refractivity contribution >= 4 is 5.91 Å². The Labute approximate surface area is 71.7 Å². The fraction of sp³-hybridized carbons (Fsp3) is 0.444. The number of rotatable bonds is 0. The minimum Gasteiger partial charge on any atom is -0.370 e. The van der Waals surface area contributed by atoms with E-state index in [1.54, 1.807) is 4.90 Å². The molecule has 2 aliphatic rings. The van der Waals surface area contributed by atoms with E-state index in [2.05, 4.69) is 5.32 Å². The van der Waals surface area contributed by atoms with Crippen molar-refractivity contribution in [3.8, 4) is 0 Å². The van der Waals surface area contributed by atoms with Crippen molar-refractivity contribution in [3.05, 3.63) is 23.9 Å². The Morgan fingerprint density at radius 1 is 1.67 bits per heavy atom. The summed E-state index contributed by atoms with van der Waals surface area (Å²) in [5.74, 6) is 0.276. The van der Waals surface area contributed by atoms with E-state index in [1.807, 2.05) is 25.3 Å². The first-order chi connectivity index (χ1) is 5.79. The zero-order valence-corrected chi connectivity index (χ0v) is 7.08. The van der Waals surface area contributed by atoms with Crippen LogP contribution in [0.5, 0.6) is 0 Å². The standard InChI is InChI=1S/C9H12N2O/c1-11-6-10-8-5-3-2-4-7(8)9(11)12/h2-3,5,7,10H,4,6H2,1H3. The molecule has 1 unspecified atom stereocenters. The van der Waals surface area contributed by atoms with E-state index < -0.39 is 0 Å². The largest absolute Gasteiger partial charge is 0.370 e. The highest BCUT2D eigenvalue weighted by Gasteiger charge is 2.29. The van der Waals surface area contributed by atoms with Crippen LogP contribution in [0.4, 0.5) is 0 Å². The van der Waals surface area contributed by atoms with Crippen molar-refractivity contribution in [1.82, 2.24) is 10.2 Å². The van der Waals surface area contributed by atoms with Gasteiger partial charge in [0, 0.05) is 12.7 Å². The first-order valence-electron chi connectivity index (χ1n) is 4.14. The number of nitrogens with one attached hydrogen (secondary N) is 1. The summed E-state index contributed by atoms with van der Waals surface area (Å²) in [5.41, 5.74) is 1.07. The second kappa shape index (κ2) is 2.66. The number of nitrogens with zero attached hydrogens (tertiary/aromatic N) is 1. The molecule has 3 nitrogen and oxygen atoms in total. The van der Waals surface area contributed by atoms with E-state index in [9.17, 15) is 4.79 Å². The molecule has 0 aromatic carbocycles. The predicted octanol–water partition coefficient (Wildman–Crippen LogP) is 0.466. The van der Waals surface area contributed by atoms with E-state index in [-0.39, 0.29) is 11.8 Å². The average Bonchev–Trinajstić information content (AvgIpc) is 2.12. The normalized spacial score (nSPS) is 27.8. The zero-order valence-electron chi connectivity index (χ0n) is 7.08. The number of amides is 1. The van der Waals surface area contributed by atoms with Gasteiger partial charge >= 0.3 is 0 Å². The monoisotopic (exact) mass is 164 g/mol. The minimum absolute atomic E-state index is 0.0498. The molecule has 1 heterocycles. The lowest BCUT2D eigenvalue weighted by Crippen LogP contribution is -2.48. The van der Waals surface area contributed by atoms with Gasteiger partial charge in [-0.3, -0.25) is 4.79 Å². The van der Waals surface area contributed by atoms with Crippen molar-refractivity contribution in [2.45, 2.75) is 6.42 Å². The molecule has 12 heavy (non-hydrogen) atoms. The summed E-state index contributed by atoms with van der Waals surface area (Å²) in [6, 6.07) is 0. The van der Waals surface area contributed by atoms with Crippen LogP contribution < -0.4 is 5.32 Å². The number of carbonyl (C=O) groups is 1. The van der Waals surface area contributed by atoms with Gasteiger partial charge in [0.2, 0.25) is 5.91 Å². The lowest BCUT2D eigenvalue weighted by molar-refractivity contribution is -0.135. The van der Waals surface area contributed by atoms with Gasteiger partial charge in [0.15, 0.2) is 0 Å². The molecule has 1 amide bonds. The molecule has 0 bridgehead atoms. The van der Waals surface area contributed by atoms with Crippen LogP contribution in [0, 0.1) is 5.92 Å². The van der Waals surface area contributed by atoms with Gasteiger partial charge in [-0.15, -0.1) is 0 Å². The summed E-state index contributed by atoms with van der Waals surface area (Å²) in [4.78, 5) is 13.3. The topological polar surface area (TPSA) is 32.3 Å². The molecule has 3 heteroatoms. The fourth-order valence-corrected chi connectivity index (χ4v) is 1.60. The van der Waals surface area contributed by atoms with Gasteiger partial charge in [-0.25, -0.2) is 0 Å². The first kappa shape index (κ1) is 7.40. The molecule has 1 aliphatic heterocycles. The van der Waals surface area contributed by atoms with Crippen LogP contribution in [-0.2, 0) is 4.79 Å². The van der Waals surface area contributed by atoms with Crippen molar-refractivity contribution in [3.63, 3.8) is 0 Å². The second-order valence-corrected chi connectivity index (χ2v) is 3.21. The van der Waals surface area contributed by atoms with Crippen LogP contribution >= 0.6 is 0 Å². The van der Waals surface area contributed by atoms with Gasteiger partial charge in [-0.2, -0.15) is 0 Å². The van der Waals surface area contributed by atoms with Crippen LogP contribution in [0.2, 0.25) is 0 Å². The highest BCUT2D eigenvalue weighted by molar-refractivity contribution is 5.82. The molecule has 0 saturated carbocycles. The smallest absolute Gasteiger partial charge is 0.233 e. The highest BCUT2D eigenvalue weighted by atomic mass is 16.2. The molecular formula is C9H12N2O. The third-order valence-corrected chi connectivity index (χ3v) is 2.35. The summed E-state index contributed by atoms with van der Waals surface area (Å²) < 4.78 is 0. The molecule has 0 radical (unpaired) electrons. The first-order valence-corrected chi connectivity index (χ1v) is 4.14. The number of hydrogen-bond donors (Lipinski definition) is 1. The Morgan fingerprint density at radius 3 is 3.33 bits per heavy atom. The molecular weight excluding hydrogens is 152 g/mol. The van der Waals surface area contributed by atoms with Crippen LogP contribution in [-0.4, -0.2) is 24.5 Å². The highest BCUT2D eigenvalue weighted by Crippen LogP contribution is 2.22. The summed E-state index contributed by atoms with van der Waals surface area (Å²) in [6.45, 7) is 0.634. The Balaban J connectivity index is 2.24. The van der Waals surface area contributed by atoms with E-state index in [1.165, 1.54) is 0 Å². The Morgan fingerprint density at radius 2 is 2.50 bits per heavy atom.